The molecule has 0 saturated carbocycles. The lowest BCUT2D eigenvalue weighted by Crippen LogP contribution is -2.32. The number of fused-ring (bicyclic) bond motifs is 1. The third-order valence-corrected chi connectivity index (χ3v) is 5.44. The predicted octanol–water partition coefficient (Wildman–Crippen LogP) is 4.34. The van der Waals surface area contributed by atoms with Crippen LogP contribution in [0.5, 0.6) is 11.5 Å². The topological polar surface area (TPSA) is 122 Å². The number of methoxy groups -OCH3 is 1. The number of hydrogen-bond acceptors (Lipinski definition) is 7. The van der Waals surface area contributed by atoms with Crippen molar-refractivity contribution in [2.45, 2.75) is 58.7 Å². The minimum absolute atomic E-state index is 0.0129. The number of ether oxygens (including phenoxy) is 2. The second-order valence-corrected chi connectivity index (χ2v) is 9.09. The van der Waals surface area contributed by atoms with Crippen LogP contribution in [-0.4, -0.2) is 41.0 Å². The van der Waals surface area contributed by atoms with Crippen LogP contribution >= 0.6 is 0 Å². The molecule has 2 aromatic carbocycles. The fraction of sp³-hybridized carbons (Fsp3) is 0.440. The van der Waals surface area contributed by atoms with Gasteiger partial charge in [0, 0.05) is 19.0 Å². The van der Waals surface area contributed by atoms with Gasteiger partial charge in [-0.3, -0.25) is 19.7 Å². The van der Waals surface area contributed by atoms with Crippen molar-refractivity contribution < 1.29 is 28.8 Å². The van der Waals surface area contributed by atoms with Gasteiger partial charge in [-0.25, -0.2) is 4.84 Å². The van der Waals surface area contributed by atoms with Gasteiger partial charge in [-0.2, -0.15) is 0 Å². The van der Waals surface area contributed by atoms with E-state index < -0.39 is 28.4 Å². The van der Waals surface area contributed by atoms with Crippen molar-refractivity contribution in [2.75, 3.05) is 13.7 Å². The Morgan fingerprint density at radius 3 is 2.60 bits per heavy atom. The first kappa shape index (κ1) is 26.0. The van der Waals surface area contributed by atoms with E-state index in [2.05, 4.69) is 5.48 Å². The molecule has 0 bridgehead atoms. The number of hydroxylamine groups is 1. The summed E-state index contributed by atoms with van der Waals surface area (Å²) in [4.78, 5) is 43.6. The van der Waals surface area contributed by atoms with Gasteiger partial charge in [0.25, 0.3) is 17.5 Å². The van der Waals surface area contributed by atoms with E-state index in [1.54, 1.807) is 56.0 Å². The summed E-state index contributed by atoms with van der Waals surface area (Å²) in [5, 5.41) is 11.5. The molecule has 1 aliphatic rings. The van der Waals surface area contributed by atoms with Gasteiger partial charge >= 0.3 is 0 Å². The van der Waals surface area contributed by atoms with Crippen molar-refractivity contribution in [1.82, 2.24) is 10.4 Å². The number of amides is 2. The number of nitro groups is 1. The Labute approximate surface area is 204 Å². The van der Waals surface area contributed by atoms with Crippen molar-refractivity contribution in [3.63, 3.8) is 0 Å². The van der Waals surface area contributed by atoms with Crippen LogP contribution in [0.1, 0.15) is 68.1 Å². The smallest absolute Gasteiger partial charge is 0.282 e. The highest BCUT2D eigenvalue weighted by Crippen LogP contribution is 2.40. The quantitative estimate of drug-likeness (QED) is 0.363. The highest BCUT2D eigenvalue weighted by Gasteiger charge is 2.38. The molecular formula is C25H30N3O7. The summed E-state index contributed by atoms with van der Waals surface area (Å²) in [5.41, 5.74) is 4.20. The Kier molecular flexibility index (Phi) is 7.96. The molecule has 2 amide bonds. The van der Waals surface area contributed by atoms with E-state index in [-0.39, 0.29) is 30.6 Å². The Balaban J connectivity index is 1.94. The van der Waals surface area contributed by atoms with Gasteiger partial charge in [0.1, 0.15) is 5.56 Å². The number of rotatable bonds is 10. The molecule has 0 fully saturated rings. The molecule has 1 radical (unpaired) electrons. The molecular weight excluding hydrogens is 454 g/mol. The molecule has 0 spiro atoms. The monoisotopic (exact) mass is 484 g/mol. The maximum absolute atomic E-state index is 13.4. The van der Waals surface area contributed by atoms with Crippen LogP contribution < -0.4 is 15.0 Å². The van der Waals surface area contributed by atoms with Crippen LogP contribution in [-0.2, 0) is 16.2 Å². The summed E-state index contributed by atoms with van der Waals surface area (Å²) in [6.07, 6.45) is 0.250. The summed E-state index contributed by atoms with van der Waals surface area (Å²) < 4.78 is 11.1. The molecule has 2 aromatic rings. The van der Waals surface area contributed by atoms with E-state index >= 15 is 0 Å². The second-order valence-electron chi connectivity index (χ2n) is 9.09. The largest absolute Gasteiger partial charge is 0.493 e. The Morgan fingerprint density at radius 2 is 1.97 bits per heavy atom. The van der Waals surface area contributed by atoms with E-state index in [4.69, 9.17) is 14.3 Å². The van der Waals surface area contributed by atoms with Crippen molar-refractivity contribution in [1.29, 1.82) is 0 Å². The Bertz CT molecular complexity index is 1110. The summed E-state index contributed by atoms with van der Waals surface area (Å²) in [6.45, 7) is 7.79. The number of nitro benzene ring substituents is 1. The normalized spacial score (nSPS) is 13.9. The summed E-state index contributed by atoms with van der Waals surface area (Å²) in [6, 6.07) is 9.33. The number of benzene rings is 2. The standard InChI is InChI=1S/C25H30N3O7/c1-6-34-21-14-16(10-12-20(21)33-5)18(11-13-22(29)26-35-25(2,3)4)27-15-17-8-7-9-19(28(31)32)23(17)24(27)30/h7-10,12,14,18H,6,11,13,15H2,1-5H3. The molecule has 1 aliphatic heterocycles. The van der Waals surface area contributed by atoms with E-state index in [1.807, 2.05) is 6.92 Å². The Hall–Kier alpha value is -3.66. The molecule has 35 heavy (non-hydrogen) atoms. The van der Waals surface area contributed by atoms with E-state index in [1.165, 1.54) is 13.2 Å². The van der Waals surface area contributed by atoms with E-state index in [0.717, 1.165) is 0 Å². The van der Waals surface area contributed by atoms with Gasteiger partial charge < -0.3 is 14.4 Å². The summed E-state index contributed by atoms with van der Waals surface area (Å²) in [5.74, 6) is 0.116. The molecule has 0 aromatic heterocycles. The van der Waals surface area contributed by atoms with E-state index in [0.29, 0.717) is 29.2 Å². The molecule has 0 saturated heterocycles. The third kappa shape index (κ3) is 6.07. The van der Waals surface area contributed by atoms with Gasteiger partial charge in [0.15, 0.2) is 11.5 Å². The van der Waals surface area contributed by atoms with Crippen molar-refractivity contribution >= 4 is 17.5 Å². The number of carbonyl (C=O) groups excluding carboxylic acids is 2. The lowest BCUT2D eigenvalue weighted by Gasteiger charge is -2.29. The molecule has 10 heteroatoms. The van der Waals surface area contributed by atoms with Gasteiger partial charge in [-0.05, 0) is 57.4 Å². The molecule has 3 rings (SSSR count). The summed E-state index contributed by atoms with van der Waals surface area (Å²) in [7, 11) is 1.53. The third-order valence-electron chi connectivity index (χ3n) is 5.44. The average Bonchev–Trinajstić information content (AvgIpc) is 3.14. The SMILES string of the molecule is CCOc1cc(C(CCC(=O)[N]OC(C)(C)C)N2Cc3cccc([N+](=O)[O-])c3C2=O)ccc1OC. The second kappa shape index (κ2) is 10.7. The van der Waals surface area contributed by atoms with Crippen LogP contribution in [0.15, 0.2) is 36.4 Å². The molecule has 1 atom stereocenters. The first-order valence-electron chi connectivity index (χ1n) is 11.4. The molecule has 1 heterocycles. The van der Waals surface area contributed by atoms with Gasteiger partial charge in [-0.1, -0.05) is 23.7 Å². The highest BCUT2D eigenvalue weighted by atomic mass is 16.7. The average molecular weight is 485 g/mol. The van der Waals surface area contributed by atoms with Crippen molar-refractivity contribution in [3.05, 3.63) is 63.2 Å². The first-order valence-corrected chi connectivity index (χ1v) is 11.4. The molecule has 10 nitrogen and oxygen atoms in total. The van der Waals surface area contributed by atoms with Crippen LogP contribution in [0.3, 0.4) is 0 Å². The number of nitrogens with zero attached hydrogens (tertiary/aromatic N) is 3. The lowest BCUT2D eigenvalue weighted by molar-refractivity contribution is -0.385. The van der Waals surface area contributed by atoms with Gasteiger partial charge in [0.05, 0.1) is 30.3 Å². The van der Waals surface area contributed by atoms with Crippen LogP contribution in [0.4, 0.5) is 5.69 Å². The van der Waals surface area contributed by atoms with Gasteiger partial charge in [0.2, 0.25) is 0 Å². The molecule has 0 N–H and O–H groups in total. The maximum Gasteiger partial charge on any atom is 0.282 e. The maximum atomic E-state index is 13.4. The molecule has 0 aliphatic carbocycles. The molecule has 187 valence electrons. The zero-order valence-electron chi connectivity index (χ0n) is 20.6. The lowest BCUT2D eigenvalue weighted by atomic mass is 9.99. The molecule has 1 unspecified atom stereocenters. The fourth-order valence-corrected chi connectivity index (χ4v) is 3.93. The van der Waals surface area contributed by atoms with Gasteiger partial charge in [-0.15, -0.1) is 0 Å². The minimum Gasteiger partial charge on any atom is -0.493 e. The number of carbonyl (C=O) groups is 2. The van der Waals surface area contributed by atoms with Crippen LogP contribution in [0, 0.1) is 10.1 Å². The highest BCUT2D eigenvalue weighted by molar-refractivity contribution is 6.02. The first-order chi connectivity index (χ1) is 16.6. The zero-order chi connectivity index (χ0) is 25.8. The Morgan fingerprint density at radius 1 is 1.23 bits per heavy atom. The minimum atomic E-state index is -0.608. The summed E-state index contributed by atoms with van der Waals surface area (Å²) >= 11 is 0. The fourth-order valence-electron chi connectivity index (χ4n) is 3.93. The zero-order valence-corrected chi connectivity index (χ0v) is 20.6. The van der Waals surface area contributed by atoms with Crippen LogP contribution in [0.25, 0.3) is 0 Å². The van der Waals surface area contributed by atoms with E-state index in [9.17, 15) is 19.7 Å². The van der Waals surface area contributed by atoms with Crippen molar-refractivity contribution in [2.24, 2.45) is 0 Å². The van der Waals surface area contributed by atoms with Crippen LogP contribution in [0.2, 0.25) is 0 Å². The van der Waals surface area contributed by atoms with Crippen molar-refractivity contribution in [3.8, 4) is 11.5 Å². The predicted molar refractivity (Wildman–Crippen MR) is 127 cm³/mol. The number of hydrogen-bond donors (Lipinski definition) is 0.